The normalized spacial score (nSPS) is 44.0. The highest BCUT2D eigenvalue weighted by atomic mass is 16.7. The van der Waals surface area contributed by atoms with Crippen LogP contribution in [0.3, 0.4) is 0 Å². The van der Waals surface area contributed by atoms with Gasteiger partial charge in [-0.3, -0.25) is 0 Å². The maximum atomic E-state index is 9.46. The molecule has 15 heavy (non-hydrogen) atoms. The van der Waals surface area contributed by atoms with E-state index in [9.17, 15) is 20.4 Å². The van der Waals surface area contributed by atoms with Crippen LogP contribution in [-0.4, -0.2) is 76.1 Å². The van der Waals surface area contributed by atoms with E-state index in [2.05, 4.69) is 0 Å². The van der Waals surface area contributed by atoms with E-state index in [4.69, 9.17) is 14.6 Å². The Kier molecular flexibility index (Phi) is 4.41. The van der Waals surface area contributed by atoms with Crippen molar-refractivity contribution < 1.29 is 35.0 Å². The summed E-state index contributed by atoms with van der Waals surface area (Å²) in [5, 5.41) is 46.2. The fourth-order valence-electron chi connectivity index (χ4n) is 1.49. The third-order valence-corrected chi connectivity index (χ3v) is 2.41. The Morgan fingerprint density at radius 3 is 2.27 bits per heavy atom. The molecule has 0 aromatic rings. The standard InChI is InChI=1S/C8H16O7/c1-14-8-6(13)4(11)5(12)7(15-8)3(10)2-9/h3-13H,2H2,1H3. The second-order valence-corrected chi connectivity index (χ2v) is 3.43. The van der Waals surface area contributed by atoms with Gasteiger partial charge in [0.25, 0.3) is 0 Å². The summed E-state index contributed by atoms with van der Waals surface area (Å²) in [4.78, 5) is 0. The van der Waals surface area contributed by atoms with E-state index >= 15 is 0 Å². The zero-order valence-electron chi connectivity index (χ0n) is 8.22. The lowest BCUT2D eigenvalue weighted by molar-refractivity contribution is -0.305. The molecule has 1 aliphatic heterocycles. The maximum Gasteiger partial charge on any atom is 0.186 e. The molecule has 5 N–H and O–H groups in total. The number of aliphatic hydroxyl groups is 5. The van der Waals surface area contributed by atoms with Gasteiger partial charge in [0, 0.05) is 7.11 Å². The highest BCUT2D eigenvalue weighted by Crippen LogP contribution is 2.23. The van der Waals surface area contributed by atoms with E-state index in [1.807, 2.05) is 0 Å². The molecule has 6 unspecified atom stereocenters. The number of hydrogen-bond donors (Lipinski definition) is 5. The van der Waals surface area contributed by atoms with Crippen molar-refractivity contribution in [2.45, 2.75) is 36.8 Å². The first-order chi connectivity index (χ1) is 7.02. The van der Waals surface area contributed by atoms with Crippen molar-refractivity contribution in [3.05, 3.63) is 0 Å². The molecule has 1 saturated heterocycles. The molecule has 0 spiro atoms. The number of methoxy groups -OCH3 is 1. The molecule has 7 nitrogen and oxygen atoms in total. The van der Waals surface area contributed by atoms with Gasteiger partial charge in [0.15, 0.2) is 6.29 Å². The predicted octanol–water partition coefficient (Wildman–Crippen LogP) is -3.21. The van der Waals surface area contributed by atoms with Crippen molar-refractivity contribution in [3.8, 4) is 0 Å². The zero-order chi connectivity index (χ0) is 11.6. The minimum absolute atomic E-state index is 0.624. The van der Waals surface area contributed by atoms with Crippen molar-refractivity contribution in [1.82, 2.24) is 0 Å². The fraction of sp³-hybridized carbons (Fsp3) is 1.00. The summed E-state index contributed by atoms with van der Waals surface area (Å²) < 4.78 is 9.70. The molecule has 0 radical (unpaired) electrons. The first-order valence-corrected chi connectivity index (χ1v) is 4.54. The largest absolute Gasteiger partial charge is 0.394 e. The molecule has 0 amide bonds. The lowest BCUT2D eigenvalue weighted by atomic mass is 9.95. The van der Waals surface area contributed by atoms with Crippen LogP contribution in [0, 0.1) is 0 Å². The Bertz CT molecular complexity index is 197. The Balaban J connectivity index is 2.74. The molecule has 0 saturated carbocycles. The van der Waals surface area contributed by atoms with E-state index in [-0.39, 0.29) is 0 Å². The van der Waals surface area contributed by atoms with Gasteiger partial charge in [-0.2, -0.15) is 0 Å². The van der Waals surface area contributed by atoms with Gasteiger partial charge >= 0.3 is 0 Å². The predicted molar refractivity (Wildman–Crippen MR) is 46.8 cm³/mol. The van der Waals surface area contributed by atoms with Gasteiger partial charge in [-0.1, -0.05) is 0 Å². The van der Waals surface area contributed by atoms with Crippen molar-refractivity contribution >= 4 is 0 Å². The first-order valence-electron chi connectivity index (χ1n) is 4.54. The number of rotatable bonds is 3. The Labute approximate surface area is 86.5 Å². The van der Waals surface area contributed by atoms with Gasteiger partial charge < -0.3 is 35.0 Å². The van der Waals surface area contributed by atoms with Gasteiger partial charge in [-0.05, 0) is 0 Å². The van der Waals surface area contributed by atoms with E-state index in [1.54, 1.807) is 0 Å². The van der Waals surface area contributed by atoms with E-state index in [1.165, 1.54) is 7.11 Å². The highest BCUT2D eigenvalue weighted by Gasteiger charge is 2.46. The van der Waals surface area contributed by atoms with Crippen molar-refractivity contribution in [1.29, 1.82) is 0 Å². The number of ether oxygens (including phenoxy) is 2. The average molecular weight is 224 g/mol. The summed E-state index contributed by atoms with van der Waals surface area (Å²) in [5.41, 5.74) is 0. The topological polar surface area (TPSA) is 120 Å². The summed E-state index contributed by atoms with van der Waals surface area (Å²) in [6.07, 6.45) is -8.05. The number of aliphatic hydroxyl groups excluding tert-OH is 5. The molecule has 0 aromatic heterocycles. The van der Waals surface area contributed by atoms with Crippen LogP contribution in [0.5, 0.6) is 0 Å². The van der Waals surface area contributed by atoms with Gasteiger partial charge in [0.2, 0.25) is 0 Å². The molecule has 6 atom stereocenters. The number of hydrogen-bond acceptors (Lipinski definition) is 7. The summed E-state index contributed by atoms with van der Waals surface area (Å²) in [6.45, 7) is -0.624. The third kappa shape index (κ3) is 2.45. The summed E-state index contributed by atoms with van der Waals surface area (Å²) >= 11 is 0. The van der Waals surface area contributed by atoms with Crippen molar-refractivity contribution in [3.63, 3.8) is 0 Å². The quantitative estimate of drug-likeness (QED) is 0.342. The highest BCUT2D eigenvalue weighted by molar-refractivity contribution is 4.92. The molecule has 0 aromatic carbocycles. The molecule has 1 rings (SSSR count). The van der Waals surface area contributed by atoms with Crippen LogP contribution in [0.15, 0.2) is 0 Å². The van der Waals surface area contributed by atoms with Crippen LogP contribution in [0.25, 0.3) is 0 Å². The summed E-state index contributed by atoms with van der Waals surface area (Å²) in [7, 11) is 1.25. The Hall–Kier alpha value is -0.280. The minimum Gasteiger partial charge on any atom is -0.394 e. The Morgan fingerprint density at radius 2 is 1.80 bits per heavy atom. The first kappa shape index (κ1) is 12.8. The molecule has 0 aliphatic carbocycles. The smallest absolute Gasteiger partial charge is 0.186 e. The van der Waals surface area contributed by atoms with Crippen LogP contribution in [0.2, 0.25) is 0 Å². The second kappa shape index (κ2) is 5.17. The molecular formula is C8H16O7. The maximum absolute atomic E-state index is 9.46. The second-order valence-electron chi connectivity index (χ2n) is 3.43. The lowest BCUT2D eigenvalue weighted by Crippen LogP contribution is -2.61. The summed E-state index contributed by atoms with van der Waals surface area (Å²) in [6, 6.07) is 0. The molecule has 90 valence electrons. The average Bonchev–Trinajstić information content (AvgIpc) is 2.25. The van der Waals surface area contributed by atoms with Gasteiger partial charge in [-0.25, -0.2) is 0 Å². The van der Waals surface area contributed by atoms with Crippen LogP contribution < -0.4 is 0 Å². The van der Waals surface area contributed by atoms with E-state index in [0.717, 1.165) is 0 Å². The van der Waals surface area contributed by atoms with Gasteiger partial charge in [0.1, 0.15) is 30.5 Å². The van der Waals surface area contributed by atoms with Crippen molar-refractivity contribution in [2.75, 3.05) is 13.7 Å². The molecule has 7 heteroatoms. The SMILES string of the molecule is COC1OC(C(O)CO)C(O)C(O)C1O. The lowest BCUT2D eigenvalue weighted by Gasteiger charge is -2.41. The molecular weight excluding hydrogens is 208 g/mol. The molecule has 1 heterocycles. The van der Waals surface area contributed by atoms with Gasteiger partial charge in [-0.15, -0.1) is 0 Å². The monoisotopic (exact) mass is 224 g/mol. The molecule has 1 aliphatic rings. The van der Waals surface area contributed by atoms with Crippen LogP contribution in [0.1, 0.15) is 0 Å². The van der Waals surface area contributed by atoms with E-state index < -0.39 is 43.4 Å². The molecule has 1 fully saturated rings. The van der Waals surface area contributed by atoms with Crippen LogP contribution >= 0.6 is 0 Å². The zero-order valence-corrected chi connectivity index (χ0v) is 8.22. The van der Waals surface area contributed by atoms with E-state index in [0.29, 0.717) is 0 Å². The van der Waals surface area contributed by atoms with Crippen LogP contribution in [0.4, 0.5) is 0 Å². The van der Waals surface area contributed by atoms with Gasteiger partial charge in [0.05, 0.1) is 6.61 Å². The van der Waals surface area contributed by atoms with Crippen molar-refractivity contribution in [2.24, 2.45) is 0 Å². The third-order valence-electron chi connectivity index (χ3n) is 2.41. The fourth-order valence-corrected chi connectivity index (χ4v) is 1.49. The minimum atomic E-state index is -1.49. The molecule has 0 bridgehead atoms. The van der Waals surface area contributed by atoms with Crippen LogP contribution in [-0.2, 0) is 9.47 Å². The Morgan fingerprint density at radius 1 is 1.20 bits per heavy atom. The summed E-state index contributed by atoms with van der Waals surface area (Å²) in [5.74, 6) is 0.